The van der Waals surface area contributed by atoms with Crippen molar-refractivity contribution in [3.05, 3.63) is 29.3 Å². The summed E-state index contributed by atoms with van der Waals surface area (Å²) in [6.45, 7) is 7.90. The molecular formula is C19H30N2O2. The second-order valence-electron chi connectivity index (χ2n) is 6.91. The van der Waals surface area contributed by atoms with E-state index in [1.54, 1.807) is 0 Å². The summed E-state index contributed by atoms with van der Waals surface area (Å²) in [6, 6.07) is 6.33. The molecule has 1 aromatic carbocycles. The van der Waals surface area contributed by atoms with Crippen molar-refractivity contribution < 1.29 is 9.53 Å². The van der Waals surface area contributed by atoms with Crippen molar-refractivity contribution in [2.75, 3.05) is 40.3 Å². The maximum absolute atomic E-state index is 11.5. The molecule has 1 unspecified atom stereocenters. The van der Waals surface area contributed by atoms with Crippen molar-refractivity contribution in [2.45, 2.75) is 33.1 Å². The van der Waals surface area contributed by atoms with Gasteiger partial charge in [0, 0.05) is 33.1 Å². The zero-order chi connectivity index (χ0) is 16.8. The standard InChI is InChI=1S/C19H30N2O2/c1-15-6-7-16(2)18(12-15)23-11-5-10-20(3)13-17-8-9-19(22)21(4)14-17/h6-7,12,17H,5,8-11,13-14H2,1-4H3. The van der Waals surface area contributed by atoms with Crippen LogP contribution < -0.4 is 4.74 Å². The van der Waals surface area contributed by atoms with Gasteiger partial charge in [0.05, 0.1) is 6.61 Å². The van der Waals surface area contributed by atoms with Crippen LogP contribution in [0.4, 0.5) is 0 Å². The van der Waals surface area contributed by atoms with Crippen LogP contribution in [0.3, 0.4) is 0 Å². The molecule has 1 aliphatic rings. The number of rotatable bonds is 7. The summed E-state index contributed by atoms with van der Waals surface area (Å²) in [5.74, 6) is 1.88. The van der Waals surface area contributed by atoms with E-state index in [9.17, 15) is 4.79 Å². The van der Waals surface area contributed by atoms with E-state index in [2.05, 4.69) is 44.0 Å². The smallest absolute Gasteiger partial charge is 0.222 e. The number of carbonyl (C=O) groups excluding carboxylic acids is 1. The first-order valence-corrected chi connectivity index (χ1v) is 8.58. The number of hydrogen-bond donors (Lipinski definition) is 0. The molecule has 2 rings (SSSR count). The summed E-state index contributed by atoms with van der Waals surface area (Å²) >= 11 is 0. The number of nitrogens with zero attached hydrogens (tertiary/aromatic N) is 2. The predicted molar refractivity (Wildman–Crippen MR) is 93.9 cm³/mol. The first-order valence-electron chi connectivity index (χ1n) is 8.58. The van der Waals surface area contributed by atoms with E-state index in [1.807, 2.05) is 11.9 Å². The predicted octanol–water partition coefficient (Wildman–Crippen LogP) is 2.87. The molecule has 4 heteroatoms. The lowest BCUT2D eigenvalue weighted by Crippen LogP contribution is -2.41. The highest BCUT2D eigenvalue weighted by atomic mass is 16.5. The van der Waals surface area contributed by atoms with E-state index >= 15 is 0 Å². The number of ether oxygens (including phenoxy) is 1. The lowest BCUT2D eigenvalue weighted by Gasteiger charge is -2.32. The maximum atomic E-state index is 11.5. The SMILES string of the molecule is Cc1ccc(C)c(OCCCN(C)CC2CCC(=O)N(C)C2)c1. The van der Waals surface area contributed by atoms with Crippen LogP contribution in [0.5, 0.6) is 5.75 Å². The molecule has 0 spiro atoms. The molecule has 128 valence electrons. The largest absolute Gasteiger partial charge is 0.493 e. The molecule has 1 amide bonds. The Kier molecular flexibility index (Phi) is 6.46. The maximum Gasteiger partial charge on any atom is 0.222 e. The van der Waals surface area contributed by atoms with E-state index < -0.39 is 0 Å². The third-order valence-electron chi connectivity index (χ3n) is 4.58. The number of carbonyl (C=O) groups is 1. The molecule has 1 aromatic rings. The van der Waals surface area contributed by atoms with Crippen molar-refractivity contribution >= 4 is 5.91 Å². The summed E-state index contributed by atoms with van der Waals surface area (Å²) in [4.78, 5) is 15.7. The second-order valence-corrected chi connectivity index (χ2v) is 6.91. The van der Waals surface area contributed by atoms with Crippen LogP contribution in [-0.2, 0) is 4.79 Å². The molecule has 1 aliphatic heterocycles. The Bertz CT molecular complexity index is 530. The van der Waals surface area contributed by atoms with Gasteiger partial charge < -0.3 is 14.5 Å². The Balaban J connectivity index is 1.66. The summed E-state index contributed by atoms with van der Waals surface area (Å²) in [5.41, 5.74) is 2.43. The molecule has 0 bridgehead atoms. The average molecular weight is 318 g/mol. The molecule has 1 heterocycles. The lowest BCUT2D eigenvalue weighted by molar-refractivity contribution is -0.133. The van der Waals surface area contributed by atoms with Crippen LogP contribution in [-0.4, -0.2) is 56.0 Å². The second kappa shape index (κ2) is 8.34. The molecule has 0 aromatic heterocycles. The van der Waals surface area contributed by atoms with Gasteiger partial charge in [0.25, 0.3) is 0 Å². The highest BCUT2D eigenvalue weighted by molar-refractivity contribution is 5.76. The van der Waals surface area contributed by atoms with Crippen LogP contribution >= 0.6 is 0 Å². The fourth-order valence-electron chi connectivity index (χ4n) is 3.16. The Labute approximate surface area is 140 Å². The average Bonchev–Trinajstić information content (AvgIpc) is 2.51. The van der Waals surface area contributed by atoms with Crippen molar-refractivity contribution in [3.8, 4) is 5.75 Å². The Morgan fingerprint density at radius 2 is 2.13 bits per heavy atom. The number of benzene rings is 1. The van der Waals surface area contributed by atoms with Crippen LogP contribution in [0.2, 0.25) is 0 Å². The van der Waals surface area contributed by atoms with E-state index in [4.69, 9.17) is 4.74 Å². The molecular weight excluding hydrogens is 288 g/mol. The third-order valence-corrected chi connectivity index (χ3v) is 4.58. The van der Waals surface area contributed by atoms with E-state index in [-0.39, 0.29) is 5.91 Å². The summed E-state index contributed by atoms with van der Waals surface area (Å²) in [5, 5.41) is 0. The molecule has 4 nitrogen and oxygen atoms in total. The zero-order valence-corrected chi connectivity index (χ0v) is 15.0. The Hall–Kier alpha value is -1.55. The van der Waals surface area contributed by atoms with Gasteiger partial charge in [-0.05, 0) is 56.8 Å². The summed E-state index contributed by atoms with van der Waals surface area (Å²) < 4.78 is 5.91. The monoisotopic (exact) mass is 318 g/mol. The fourth-order valence-corrected chi connectivity index (χ4v) is 3.16. The van der Waals surface area contributed by atoms with Gasteiger partial charge in [0.15, 0.2) is 0 Å². The first-order chi connectivity index (χ1) is 11.0. The van der Waals surface area contributed by atoms with E-state index in [0.717, 1.165) is 44.8 Å². The van der Waals surface area contributed by atoms with Crippen molar-refractivity contribution in [2.24, 2.45) is 5.92 Å². The zero-order valence-electron chi connectivity index (χ0n) is 15.0. The Morgan fingerprint density at radius 3 is 2.87 bits per heavy atom. The fraction of sp³-hybridized carbons (Fsp3) is 0.632. The number of hydrogen-bond acceptors (Lipinski definition) is 3. The molecule has 1 saturated heterocycles. The summed E-state index contributed by atoms with van der Waals surface area (Å²) in [6.07, 6.45) is 2.74. The van der Waals surface area contributed by atoms with Gasteiger partial charge in [-0.1, -0.05) is 12.1 Å². The quantitative estimate of drug-likeness (QED) is 0.725. The minimum atomic E-state index is 0.283. The lowest BCUT2D eigenvalue weighted by atomic mass is 9.97. The van der Waals surface area contributed by atoms with Crippen molar-refractivity contribution in [3.63, 3.8) is 0 Å². The molecule has 23 heavy (non-hydrogen) atoms. The van der Waals surface area contributed by atoms with E-state index in [0.29, 0.717) is 12.3 Å². The molecule has 0 radical (unpaired) electrons. The molecule has 0 N–H and O–H groups in total. The van der Waals surface area contributed by atoms with Gasteiger partial charge in [-0.3, -0.25) is 4.79 Å². The minimum absolute atomic E-state index is 0.283. The molecule has 0 aliphatic carbocycles. The Morgan fingerprint density at radius 1 is 1.35 bits per heavy atom. The van der Waals surface area contributed by atoms with Gasteiger partial charge in [0.2, 0.25) is 5.91 Å². The van der Waals surface area contributed by atoms with Crippen LogP contribution in [0.15, 0.2) is 18.2 Å². The van der Waals surface area contributed by atoms with Crippen LogP contribution in [0.1, 0.15) is 30.4 Å². The van der Waals surface area contributed by atoms with Gasteiger partial charge in [0.1, 0.15) is 5.75 Å². The number of aryl methyl sites for hydroxylation is 2. The first kappa shape index (κ1) is 17.8. The normalized spacial score (nSPS) is 18.6. The van der Waals surface area contributed by atoms with Crippen LogP contribution in [0, 0.1) is 19.8 Å². The molecule has 1 atom stereocenters. The van der Waals surface area contributed by atoms with Gasteiger partial charge >= 0.3 is 0 Å². The minimum Gasteiger partial charge on any atom is -0.493 e. The topological polar surface area (TPSA) is 32.8 Å². The highest BCUT2D eigenvalue weighted by Gasteiger charge is 2.23. The van der Waals surface area contributed by atoms with Gasteiger partial charge in [-0.15, -0.1) is 0 Å². The molecule has 0 saturated carbocycles. The number of amides is 1. The van der Waals surface area contributed by atoms with Crippen molar-refractivity contribution in [1.82, 2.24) is 9.80 Å². The van der Waals surface area contributed by atoms with Crippen LogP contribution in [0.25, 0.3) is 0 Å². The van der Waals surface area contributed by atoms with Gasteiger partial charge in [-0.2, -0.15) is 0 Å². The number of piperidine rings is 1. The highest BCUT2D eigenvalue weighted by Crippen LogP contribution is 2.19. The number of likely N-dealkylation sites (tertiary alicyclic amines) is 1. The molecule has 1 fully saturated rings. The van der Waals surface area contributed by atoms with Crippen molar-refractivity contribution in [1.29, 1.82) is 0 Å². The van der Waals surface area contributed by atoms with E-state index in [1.165, 1.54) is 11.1 Å². The summed E-state index contributed by atoms with van der Waals surface area (Å²) in [7, 11) is 4.07. The van der Waals surface area contributed by atoms with Gasteiger partial charge in [-0.25, -0.2) is 0 Å². The third kappa shape index (κ3) is 5.54.